The molecule has 3 aliphatic rings. The molecule has 2 aliphatic carbocycles. The Morgan fingerprint density at radius 2 is 1.83 bits per heavy atom. The van der Waals surface area contributed by atoms with E-state index in [0.717, 1.165) is 24.9 Å². The number of hydrogen-bond donors (Lipinski definition) is 1. The number of carbonyl (C=O) groups excluding carboxylic acids is 1. The summed E-state index contributed by atoms with van der Waals surface area (Å²) in [4.78, 5) is 14.3. The maximum atomic E-state index is 11.7. The summed E-state index contributed by atoms with van der Waals surface area (Å²) in [6.07, 6.45) is 12.8. The van der Waals surface area contributed by atoms with Crippen molar-refractivity contribution in [2.75, 3.05) is 26.7 Å². The van der Waals surface area contributed by atoms with Crippen molar-refractivity contribution in [2.45, 2.75) is 76.3 Å². The third kappa shape index (κ3) is 4.93. The molecule has 2 atom stereocenters. The van der Waals surface area contributed by atoms with Gasteiger partial charge in [-0.2, -0.15) is 0 Å². The molecule has 0 radical (unpaired) electrons. The summed E-state index contributed by atoms with van der Waals surface area (Å²) in [5, 5.41) is 3.85. The minimum Gasteiger partial charge on any atom is -0.469 e. The normalized spacial score (nSPS) is 30.8. The first-order chi connectivity index (χ1) is 11.2. The molecule has 0 aromatic heterocycles. The van der Waals surface area contributed by atoms with E-state index in [2.05, 4.69) is 10.2 Å². The average Bonchev–Trinajstić information content (AvgIpc) is 2.52. The van der Waals surface area contributed by atoms with E-state index in [1.54, 1.807) is 0 Å². The van der Waals surface area contributed by atoms with Crippen LogP contribution in [0.3, 0.4) is 0 Å². The fourth-order valence-corrected chi connectivity index (χ4v) is 4.63. The zero-order valence-corrected chi connectivity index (χ0v) is 14.8. The van der Waals surface area contributed by atoms with Gasteiger partial charge in [-0.1, -0.05) is 25.7 Å². The summed E-state index contributed by atoms with van der Waals surface area (Å²) in [7, 11) is 1.51. The summed E-state index contributed by atoms with van der Waals surface area (Å²) < 4.78 is 4.90. The summed E-state index contributed by atoms with van der Waals surface area (Å²) in [6.45, 7) is 3.44. The van der Waals surface area contributed by atoms with Gasteiger partial charge in [-0.05, 0) is 50.5 Å². The molecule has 23 heavy (non-hydrogen) atoms. The van der Waals surface area contributed by atoms with Gasteiger partial charge in [0.15, 0.2) is 0 Å². The molecule has 1 heterocycles. The smallest absolute Gasteiger partial charge is 0.305 e. The highest BCUT2D eigenvalue weighted by Crippen LogP contribution is 2.31. The largest absolute Gasteiger partial charge is 0.469 e. The number of methoxy groups -OCH3 is 1. The SMILES string of the molecule is COC(=O)CC1CC(NCC2CCCCC2)CN(C2CCC2)C1. The highest BCUT2D eigenvalue weighted by molar-refractivity contribution is 5.69. The molecule has 0 aromatic rings. The molecule has 0 bridgehead atoms. The fraction of sp³-hybridized carbons (Fsp3) is 0.947. The van der Waals surface area contributed by atoms with E-state index in [1.807, 2.05) is 0 Å². The molecular formula is C19H34N2O2. The summed E-state index contributed by atoms with van der Waals surface area (Å²) in [6, 6.07) is 1.33. The van der Waals surface area contributed by atoms with Gasteiger partial charge in [0.2, 0.25) is 0 Å². The molecule has 3 rings (SSSR count). The molecule has 4 heteroatoms. The molecule has 1 saturated heterocycles. The molecule has 4 nitrogen and oxygen atoms in total. The van der Waals surface area contributed by atoms with Crippen LogP contribution in [0.4, 0.5) is 0 Å². The Bertz CT molecular complexity index is 378. The van der Waals surface area contributed by atoms with Gasteiger partial charge in [0.25, 0.3) is 0 Å². The number of piperidine rings is 1. The predicted octanol–water partition coefficient (Wildman–Crippen LogP) is 2.96. The van der Waals surface area contributed by atoms with Crippen LogP contribution in [0.25, 0.3) is 0 Å². The summed E-state index contributed by atoms with van der Waals surface area (Å²) in [5.74, 6) is 1.29. The molecular weight excluding hydrogens is 288 g/mol. The minimum absolute atomic E-state index is 0.0449. The van der Waals surface area contributed by atoms with Crippen molar-refractivity contribution >= 4 is 5.97 Å². The maximum absolute atomic E-state index is 11.7. The van der Waals surface area contributed by atoms with Crippen molar-refractivity contribution in [1.29, 1.82) is 0 Å². The number of likely N-dealkylation sites (tertiary alicyclic amines) is 1. The Morgan fingerprint density at radius 1 is 1.04 bits per heavy atom. The Hall–Kier alpha value is -0.610. The molecule has 1 aliphatic heterocycles. The van der Waals surface area contributed by atoms with Crippen LogP contribution in [0.1, 0.15) is 64.2 Å². The van der Waals surface area contributed by atoms with Gasteiger partial charge >= 0.3 is 5.97 Å². The molecule has 1 N–H and O–H groups in total. The monoisotopic (exact) mass is 322 g/mol. The summed E-state index contributed by atoms with van der Waals surface area (Å²) >= 11 is 0. The standard InChI is InChI=1S/C19H34N2O2/c1-23-19(22)11-16-10-17(14-21(13-16)18-8-5-9-18)20-12-15-6-3-2-4-7-15/h15-18,20H,2-14H2,1H3. The zero-order chi connectivity index (χ0) is 16.1. The van der Waals surface area contributed by atoms with E-state index < -0.39 is 0 Å². The van der Waals surface area contributed by atoms with Crippen LogP contribution in [0.5, 0.6) is 0 Å². The van der Waals surface area contributed by atoms with Gasteiger partial charge in [-0.3, -0.25) is 9.69 Å². The van der Waals surface area contributed by atoms with Crippen molar-refractivity contribution < 1.29 is 9.53 Å². The van der Waals surface area contributed by atoms with Crippen molar-refractivity contribution in [3.05, 3.63) is 0 Å². The van der Waals surface area contributed by atoms with Crippen LogP contribution in [-0.2, 0) is 9.53 Å². The van der Waals surface area contributed by atoms with Crippen LogP contribution in [0.15, 0.2) is 0 Å². The molecule has 0 spiro atoms. The quantitative estimate of drug-likeness (QED) is 0.764. The van der Waals surface area contributed by atoms with Crippen molar-refractivity contribution in [3.63, 3.8) is 0 Å². The maximum Gasteiger partial charge on any atom is 0.305 e. The predicted molar refractivity (Wildman–Crippen MR) is 92.3 cm³/mol. The lowest BCUT2D eigenvalue weighted by molar-refractivity contribution is -0.142. The second-order valence-corrected chi connectivity index (χ2v) is 8.03. The first kappa shape index (κ1) is 17.2. The van der Waals surface area contributed by atoms with Gasteiger partial charge in [-0.25, -0.2) is 0 Å². The van der Waals surface area contributed by atoms with Gasteiger partial charge in [0.05, 0.1) is 7.11 Å². The number of nitrogens with zero attached hydrogens (tertiary/aromatic N) is 1. The first-order valence-electron chi connectivity index (χ1n) is 9.79. The number of carbonyl (C=O) groups is 1. The van der Waals surface area contributed by atoms with Crippen LogP contribution in [0.2, 0.25) is 0 Å². The van der Waals surface area contributed by atoms with E-state index in [0.29, 0.717) is 18.4 Å². The average molecular weight is 322 g/mol. The van der Waals surface area contributed by atoms with Crippen molar-refractivity contribution in [1.82, 2.24) is 10.2 Å². The topological polar surface area (TPSA) is 41.6 Å². The third-order valence-corrected chi connectivity index (χ3v) is 6.26. The van der Waals surface area contributed by atoms with Crippen LogP contribution < -0.4 is 5.32 Å². The van der Waals surface area contributed by atoms with Crippen LogP contribution in [-0.4, -0.2) is 49.7 Å². The zero-order valence-electron chi connectivity index (χ0n) is 14.8. The lowest BCUT2D eigenvalue weighted by atomic mass is 9.84. The van der Waals surface area contributed by atoms with Crippen LogP contribution in [0, 0.1) is 11.8 Å². The molecule has 0 amide bonds. The minimum atomic E-state index is -0.0449. The third-order valence-electron chi connectivity index (χ3n) is 6.26. The fourth-order valence-electron chi connectivity index (χ4n) is 4.63. The number of hydrogen-bond acceptors (Lipinski definition) is 4. The van der Waals surface area contributed by atoms with E-state index >= 15 is 0 Å². The van der Waals surface area contributed by atoms with E-state index in [1.165, 1.54) is 71.6 Å². The number of esters is 1. The van der Waals surface area contributed by atoms with Crippen LogP contribution >= 0.6 is 0 Å². The van der Waals surface area contributed by atoms with E-state index in [9.17, 15) is 4.79 Å². The Labute approximate surface area is 141 Å². The van der Waals surface area contributed by atoms with E-state index in [-0.39, 0.29) is 5.97 Å². The number of nitrogens with one attached hydrogen (secondary N) is 1. The second-order valence-electron chi connectivity index (χ2n) is 8.03. The van der Waals surface area contributed by atoms with Crippen molar-refractivity contribution in [3.8, 4) is 0 Å². The first-order valence-corrected chi connectivity index (χ1v) is 9.79. The molecule has 2 unspecified atom stereocenters. The Balaban J connectivity index is 1.50. The molecule has 132 valence electrons. The van der Waals surface area contributed by atoms with Gasteiger partial charge < -0.3 is 10.1 Å². The Morgan fingerprint density at radius 3 is 2.48 bits per heavy atom. The highest BCUT2D eigenvalue weighted by atomic mass is 16.5. The number of rotatable bonds is 6. The molecule has 0 aromatic carbocycles. The highest BCUT2D eigenvalue weighted by Gasteiger charge is 2.34. The van der Waals surface area contributed by atoms with Crippen molar-refractivity contribution in [2.24, 2.45) is 11.8 Å². The second kappa shape index (κ2) is 8.48. The Kier molecular flexibility index (Phi) is 6.35. The molecule has 3 fully saturated rings. The molecule has 2 saturated carbocycles. The van der Waals surface area contributed by atoms with Gasteiger partial charge in [-0.15, -0.1) is 0 Å². The van der Waals surface area contributed by atoms with E-state index in [4.69, 9.17) is 4.74 Å². The summed E-state index contributed by atoms with van der Waals surface area (Å²) in [5.41, 5.74) is 0. The van der Waals surface area contributed by atoms with Gasteiger partial charge in [0, 0.05) is 31.6 Å². The lowest BCUT2D eigenvalue weighted by Crippen LogP contribution is -2.55. The van der Waals surface area contributed by atoms with Gasteiger partial charge in [0.1, 0.15) is 0 Å². The lowest BCUT2D eigenvalue weighted by Gasteiger charge is -2.45. The number of ether oxygens (including phenoxy) is 1.